The van der Waals surface area contributed by atoms with Crippen molar-refractivity contribution in [1.82, 2.24) is 0 Å². The van der Waals surface area contributed by atoms with Crippen molar-refractivity contribution in [3.05, 3.63) is 42.1 Å². The first kappa shape index (κ1) is 14.3. The molecule has 0 saturated carbocycles. The number of allylic oxidation sites excluding steroid dienone is 1. The smallest absolute Gasteiger partial charge is 0.323 e. The van der Waals surface area contributed by atoms with Crippen LogP contribution in [0.2, 0.25) is 0 Å². The van der Waals surface area contributed by atoms with Crippen molar-refractivity contribution in [2.24, 2.45) is 0 Å². The van der Waals surface area contributed by atoms with E-state index in [2.05, 4.69) is 19.6 Å². The van der Waals surface area contributed by atoms with Crippen LogP contribution < -0.4 is 4.90 Å². The van der Waals surface area contributed by atoms with E-state index in [1.165, 1.54) is 5.56 Å². The summed E-state index contributed by atoms with van der Waals surface area (Å²) in [6, 6.07) is 7.94. The van der Waals surface area contributed by atoms with E-state index in [4.69, 9.17) is 5.11 Å². The van der Waals surface area contributed by atoms with Gasteiger partial charge in [0.1, 0.15) is 6.54 Å². The van der Waals surface area contributed by atoms with Gasteiger partial charge >= 0.3 is 5.97 Å². The number of anilines is 1. The third kappa shape index (κ3) is 3.62. The van der Waals surface area contributed by atoms with Crippen LogP contribution in [0.4, 0.5) is 5.69 Å². The lowest BCUT2D eigenvalue weighted by atomic mass is 10.1. The molecular formula is C15H21NO2. The summed E-state index contributed by atoms with van der Waals surface area (Å²) in [4.78, 5) is 12.8. The molecule has 0 heterocycles. The van der Waals surface area contributed by atoms with Gasteiger partial charge in [0.2, 0.25) is 0 Å². The molecule has 0 atom stereocenters. The average Bonchev–Trinajstić information content (AvgIpc) is 2.36. The minimum atomic E-state index is -0.837. The van der Waals surface area contributed by atoms with Gasteiger partial charge in [0.15, 0.2) is 0 Å². The second-order valence-corrected chi connectivity index (χ2v) is 4.28. The van der Waals surface area contributed by atoms with Crippen LogP contribution in [0, 0.1) is 0 Å². The van der Waals surface area contributed by atoms with Gasteiger partial charge in [-0.25, -0.2) is 0 Å². The van der Waals surface area contributed by atoms with Gasteiger partial charge in [0, 0.05) is 11.4 Å². The van der Waals surface area contributed by atoms with E-state index >= 15 is 0 Å². The molecule has 0 unspecified atom stereocenters. The molecule has 0 fully saturated rings. The SMILES string of the molecule is C=C(CC)N(CC(=O)O)c1ccccc1CCC. The fraction of sp³-hybridized carbons (Fsp3) is 0.400. The number of nitrogens with zero attached hydrogens (tertiary/aromatic N) is 1. The average molecular weight is 247 g/mol. The van der Waals surface area contributed by atoms with E-state index in [0.29, 0.717) is 0 Å². The van der Waals surface area contributed by atoms with Crippen LogP contribution in [0.1, 0.15) is 32.3 Å². The van der Waals surface area contributed by atoms with Crippen molar-refractivity contribution in [1.29, 1.82) is 0 Å². The normalized spacial score (nSPS) is 10.1. The van der Waals surface area contributed by atoms with Crippen LogP contribution in [0.3, 0.4) is 0 Å². The number of aliphatic carboxylic acids is 1. The summed E-state index contributed by atoms with van der Waals surface area (Å²) in [6.45, 7) is 8.04. The van der Waals surface area contributed by atoms with Crippen LogP contribution in [0.25, 0.3) is 0 Å². The van der Waals surface area contributed by atoms with Gasteiger partial charge in [0.25, 0.3) is 0 Å². The minimum Gasteiger partial charge on any atom is -0.480 e. The van der Waals surface area contributed by atoms with Gasteiger partial charge in [-0.15, -0.1) is 0 Å². The summed E-state index contributed by atoms with van der Waals surface area (Å²) in [6.07, 6.45) is 2.73. The Kier molecular flexibility index (Phi) is 5.43. The zero-order chi connectivity index (χ0) is 13.5. The van der Waals surface area contributed by atoms with E-state index in [0.717, 1.165) is 30.6 Å². The highest BCUT2D eigenvalue weighted by Gasteiger charge is 2.15. The molecular weight excluding hydrogens is 226 g/mol. The largest absolute Gasteiger partial charge is 0.480 e. The van der Waals surface area contributed by atoms with Crippen LogP contribution in [-0.4, -0.2) is 17.6 Å². The topological polar surface area (TPSA) is 40.5 Å². The highest BCUT2D eigenvalue weighted by atomic mass is 16.4. The molecule has 1 rings (SSSR count). The minimum absolute atomic E-state index is 0.0343. The van der Waals surface area contributed by atoms with Gasteiger partial charge in [-0.05, 0) is 24.5 Å². The van der Waals surface area contributed by atoms with Gasteiger partial charge in [-0.3, -0.25) is 4.79 Å². The number of carbonyl (C=O) groups is 1. The van der Waals surface area contributed by atoms with E-state index in [1.807, 2.05) is 25.1 Å². The molecule has 0 amide bonds. The lowest BCUT2D eigenvalue weighted by molar-refractivity contribution is -0.135. The number of hydrogen-bond donors (Lipinski definition) is 1. The Morgan fingerprint density at radius 1 is 1.33 bits per heavy atom. The predicted octanol–water partition coefficient (Wildman–Crippen LogP) is 3.45. The maximum atomic E-state index is 11.0. The first-order valence-corrected chi connectivity index (χ1v) is 6.35. The molecule has 0 aliphatic heterocycles. The number of para-hydroxylation sites is 1. The second kappa shape index (κ2) is 6.84. The zero-order valence-electron chi connectivity index (χ0n) is 11.1. The Hall–Kier alpha value is -1.77. The number of benzene rings is 1. The Balaban J connectivity index is 3.11. The number of aryl methyl sites for hydroxylation is 1. The van der Waals surface area contributed by atoms with Gasteiger partial charge in [-0.1, -0.05) is 45.0 Å². The molecule has 0 radical (unpaired) electrons. The van der Waals surface area contributed by atoms with E-state index in [9.17, 15) is 4.79 Å². The van der Waals surface area contributed by atoms with Crippen LogP contribution >= 0.6 is 0 Å². The van der Waals surface area contributed by atoms with Crippen LogP contribution in [0.5, 0.6) is 0 Å². The lowest BCUT2D eigenvalue weighted by Gasteiger charge is -2.26. The molecule has 18 heavy (non-hydrogen) atoms. The predicted molar refractivity (Wildman–Crippen MR) is 74.8 cm³/mol. The number of rotatable bonds is 7. The summed E-state index contributed by atoms with van der Waals surface area (Å²) >= 11 is 0. The van der Waals surface area contributed by atoms with Crippen LogP contribution in [-0.2, 0) is 11.2 Å². The Morgan fingerprint density at radius 3 is 2.56 bits per heavy atom. The van der Waals surface area contributed by atoms with Crippen molar-refractivity contribution in [2.75, 3.05) is 11.4 Å². The van der Waals surface area contributed by atoms with E-state index in [-0.39, 0.29) is 6.54 Å². The van der Waals surface area contributed by atoms with Crippen molar-refractivity contribution in [3.63, 3.8) is 0 Å². The van der Waals surface area contributed by atoms with E-state index < -0.39 is 5.97 Å². The molecule has 0 saturated heterocycles. The summed E-state index contributed by atoms with van der Waals surface area (Å²) in [5.41, 5.74) is 2.98. The van der Waals surface area contributed by atoms with Gasteiger partial charge < -0.3 is 10.0 Å². The summed E-state index contributed by atoms with van der Waals surface area (Å²) < 4.78 is 0. The second-order valence-electron chi connectivity index (χ2n) is 4.28. The summed E-state index contributed by atoms with van der Waals surface area (Å²) in [7, 11) is 0. The first-order valence-electron chi connectivity index (χ1n) is 6.35. The van der Waals surface area contributed by atoms with Gasteiger partial charge in [0.05, 0.1) is 0 Å². The third-order valence-corrected chi connectivity index (χ3v) is 2.88. The molecule has 1 aromatic carbocycles. The molecule has 0 spiro atoms. The molecule has 0 aliphatic rings. The Morgan fingerprint density at radius 2 is 2.00 bits per heavy atom. The van der Waals surface area contributed by atoms with E-state index in [1.54, 1.807) is 4.90 Å². The van der Waals surface area contributed by atoms with Crippen molar-refractivity contribution >= 4 is 11.7 Å². The van der Waals surface area contributed by atoms with Crippen LogP contribution in [0.15, 0.2) is 36.5 Å². The Labute approximate surface area is 109 Å². The lowest BCUT2D eigenvalue weighted by Crippen LogP contribution is -2.29. The monoisotopic (exact) mass is 247 g/mol. The molecule has 98 valence electrons. The highest BCUT2D eigenvalue weighted by Crippen LogP contribution is 2.25. The molecule has 1 N–H and O–H groups in total. The maximum absolute atomic E-state index is 11.0. The molecule has 3 heteroatoms. The first-order chi connectivity index (χ1) is 8.60. The third-order valence-electron chi connectivity index (χ3n) is 2.88. The standard InChI is InChI=1S/C15H21NO2/c1-4-8-13-9-6-7-10-14(13)16(11-15(17)18)12(3)5-2/h6-7,9-10H,3-5,8,11H2,1-2H3,(H,17,18). The molecule has 3 nitrogen and oxygen atoms in total. The molecule has 0 aromatic heterocycles. The van der Waals surface area contributed by atoms with Crippen molar-refractivity contribution in [3.8, 4) is 0 Å². The molecule has 0 aliphatic carbocycles. The summed E-state index contributed by atoms with van der Waals surface area (Å²) in [5.74, 6) is -0.837. The van der Waals surface area contributed by atoms with Crippen molar-refractivity contribution < 1.29 is 9.90 Å². The summed E-state index contributed by atoms with van der Waals surface area (Å²) in [5, 5.41) is 9.03. The highest BCUT2D eigenvalue weighted by molar-refractivity contribution is 5.76. The fourth-order valence-electron chi connectivity index (χ4n) is 1.95. The fourth-order valence-corrected chi connectivity index (χ4v) is 1.95. The maximum Gasteiger partial charge on any atom is 0.323 e. The Bertz CT molecular complexity index is 426. The number of carboxylic acids is 1. The quantitative estimate of drug-likeness (QED) is 0.802. The zero-order valence-corrected chi connectivity index (χ0v) is 11.1. The van der Waals surface area contributed by atoms with Gasteiger partial charge in [-0.2, -0.15) is 0 Å². The van der Waals surface area contributed by atoms with Crippen molar-refractivity contribution in [2.45, 2.75) is 33.1 Å². The number of hydrogen-bond acceptors (Lipinski definition) is 2. The molecule has 0 bridgehead atoms. The number of carboxylic acid groups (broad SMARTS) is 1. The molecule has 1 aromatic rings.